The molecule has 0 fully saturated rings. The van der Waals surface area contributed by atoms with Crippen molar-refractivity contribution in [1.82, 2.24) is 4.31 Å². The van der Waals surface area contributed by atoms with Gasteiger partial charge in [0.05, 0.1) is 11.5 Å². The zero-order chi connectivity index (χ0) is 15.0. The highest BCUT2D eigenvalue weighted by molar-refractivity contribution is 7.89. The number of unbranched alkanes of at least 4 members (excludes halogenated alkanes) is 1. The van der Waals surface area contributed by atoms with Crippen LogP contribution in [0, 0.1) is 0 Å². The molecule has 0 aliphatic carbocycles. The van der Waals surface area contributed by atoms with E-state index in [1.807, 2.05) is 19.1 Å². The second kappa shape index (κ2) is 8.39. The summed E-state index contributed by atoms with van der Waals surface area (Å²) in [5.41, 5.74) is 1.15. The molecule has 0 atom stereocenters. The van der Waals surface area contributed by atoms with Crippen molar-refractivity contribution in [3.05, 3.63) is 29.8 Å². The summed E-state index contributed by atoms with van der Waals surface area (Å²) in [6, 6.07) is 7.06. The first-order valence-corrected chi connectivity index (χ1v) is 8.70. The number of aryl methyl sites for hydroxylation is 1. The Balaban J connectivity index is 2.93. The first kappa shape index (κ1) is 17.1. The summed E-state index contributed by atoms with van der Waals surface area (Å²) >= 11 is 0. The monoisotopic (exact) mass is 299 g/mol. The number of benzene rings is 1. The van der Waals surface area contributed by atoms with Crippen LogP contribution in [0.3, 0.4) is 0 Å². The lowest BCUT2D eigenvalue weighted by Crippen LogP contribution is -2.34. The Kier molecular flexibility index (Phi) is 7.19. The van der Waals surface area contributed by atoms with Crippen LogP contribution in [-0.2, 0) is 16.4 Å². The third-order valence-corrected chi connectivity index (χ3v) is 5.12. The molecule has 20 heavy (non-hydrogen) atoms. The molecular weight excluding hydrogens is 274 g/mol. The molecule has 1 aromatic rings. The van der Waals surface area contributed by atoms with Gasteiger partial charge in [0.15, 0.2) is 0 Å². The minimum absolute atomic E-state index is 0.152. The van der Waals surface area contributed by atoms with E-state index in [0.717, 1.165) is 31.2 Å². The van der Waals surface area contributed by atoms with Gasteiger partial charge < -0.3 is 5.11 Å². The second-order valence-corrected chi connectivity index (χ2v) is 6.81. The largest absolute Gasteiger partial charge is 0.395 e. The average molecular weight is 299 g/mol. The lowest BCUT2D eigenvalue weighted by atomic mass is 10.1. The van der Waals surface area contributed by atoms with Gasteiger partial charge in [-0.2, -0.15) is 4.31 Å². The molecule has 0 aliphatic heterocycles. The normalized spacial score (nSPS) is 12.0. The Morgan fingerprint density at radius 1 is 1.05 bits per heavy atom. The van der Waals surface area contributed by atoms with Crippen LogP contribution in [0.15, 0.2) is 29.2 Å². The molecule has 0 amide bonds. The number of aliphatic hydroxyl groups excluding tert-OH is 1. The number of sulfonamides is 1. The van der Waals surface area contributed by atoms with Gasteiger partial charge in [0.2, 0.25) is 10.0 Å². The van der Waals surface area contributed by atoms with Crippen LogP contribution >= 0.6 is 0 Å². The Morgan fingerprint density at radius 3 is 2.20 bits per heavy atom. The van der Waals surface area contributed by atoms with E-state index >= 15 is 0 Å². The lowest BCUT2D eigenvalue weighted by Gasteiger charge is -2.21. The van der Waals surface area contributed by atoms with E-state index in [9.17, 15) is 8.42 Å². The summed E-state index contributed by atoms with van der Waals surface area (Å²) in [6.07, 6.45) is 3.72. The van der Waals surface area contributed by atoms with Crippen molar-refractivity contribution in [2.45, 2.75) is 44.4 Å². The van der Waals surface area contributed by atoms with E-state index in [-0.39, 0.29) is 13.2 Å². The number of nitrogens with zero attached hydrogens (tertiary/aromatic N) is 1. The molecule has 0 aromatic heterocycles. The Bertz CT molecular complexity index is 482. The van der Waals surface area contributed by atoms with Crippen molar-refractivity contribution in [2.75, 3.05) is 19.7 Å². The molecule has 0 bridgehead atoms. The maximum atomic E-state index is 12.5. The maximum Gasteiger partial charge on any atom is 0.243 e. The van der Waals surface area contributed by atoms with Crippen molar-refractivity contribution in [3.63, 3.8) is 0 Å². The minimum atomic E-state index is -3.49. The van der Waals surface area contributed by atoms with Crippen molar-refractivity contribution >= 4 is 10.0 Å². The van der Waals surface area contributed by atoms with Crippen LogP contribution in [0.2, 0.25) is 0 Å². The van der Waals surface area contributed by atoms with E-state index in [1.165, 1.54) is 4.31 Å². The van der Waals surface area contributed by atoms with Crippen LogP contribution in [-0.4, -0.2) is 37.5 Å². The maximum absolute atomic E-state index is 12.5. The zero-order valence-electron chi connectivity index (χ0n) is 12.4. The summed E-state index contributed by atoms with van der Waals surface area (Å²) in [5, 5.41) is 9.05. The Morgan fingerprint density at radius 2 is 1.70 bits per heavy atom. The van der Waals surface area contributed by atoms with Gasteiger partial charge in [0.1, 0.15) is 0 Å². The van der Waals surface area contributed by atoms with Gasteiger partial charge in [0.25, 0.3) is 0 Å². The predicted molar refractivity (Wildman–Crippen MR) is 81.2 cm³/mol. The Labute approximate surface area is 122 Å². The van der Waals surface area contributed by atoms with Gasteiger partial charge in [-0.1, -0.05) is 38.8 Å². The highest BCUT2D eigenvalue weighted by Gasteiger charge is 2.23. The van der Waals surface area contributed by atoms with Crippen molar-refractivity contribution in [1.29, 1.82) is 0 Å². The van der Waals surface area contributed by atoms with Crippen molar-refractivity contribution in [3.8, 4) is 0 Å². The molecule has 0 spiro atoms. The van der Waals surface area contributed by atoms with Crippen LogP contribution in [0.5, 0.6) is 0 Å². The second-order valence-electron chi connectivity index (χ2n) is 4.88. The third-order valence-electron chi connectivity index (χ3n) is 3.21. The summed E-state index contributed by atoms with van der Waals surface area (Å²) in [5.74, 6) is 0. The van der Waals surface area contributed by atoms with Gasteiger partial charge in [-0.15, -0.1) is 0 Å². The van der Waals surface area contributed by atoms with Crippen molar-refractivity contribution in [2.24, 2.45) is 0 Å². The van der Waals surface area contributed by atoms with Crippen LogP contribution in [0.25, 0.3) is 0 Å². The molecule has 1 N–H and O–H groups in total. The topological polar surface area (TPSA) is 57.6 Å². The molecule has 5 heteroatoms. The molecule has 0 radical (unpaired) electrons. The van der Waals surface area contributed by atoms with E-state index < -0.39 is 10.0 Å². The highest BCUT2D eigenvalue weighted by atomic mass is 32.2. The van der Waals surface area contributed by atoms with Gasteiger partial charge in [-0.25, -0.2) is 8.42 Å². The lowest BCUT2D eigenvalue weighted by molar-refractivity contribution is 0.252. The van der Waals surface area contributed by atoms with E-state index in [4.69, 9.17) is 5.11 Å². The van der Waals surface area contributed by atoms with Crippen molar-refractivity contribution < 1.29 is 13.5 Å². The molecule has 0 saturated carbocycles. The fraction of sp³-hybridized carbons (Fsp3) is 0.600. The highest BCUT2D eigenvalue weighted by Crippen LogP contribution is 2.17. The van der Waals surface area contributed by atoms with E-state index in [1.54, 1.807) is 12.1 Å². The molecule has 0 aliphatic rings. The molecule has 0 heterocycles. The molecular formula is C15H25NO3S. The smallest absolute Gasteiger partial charge is 0.243 e. The number of rotatable bonds is 9. The SMILES string of the molecule is CCCCN(CCO)S(=O)(=O)c1ccc(CCC)cc1. The number of aliphatic hydroxyl groups is 1. The summed E-state index contributed by atoms with van der Waals surface area (Å²) in [6.45, 7) is 4.56. The summed E-state index contributed by atoms with van der Waals surface area (Å²) in [7, 11) is -3.49. The van der Waals surface area contributed by atoms with Crippen LogP contribution in [0.1, 0.15) is 38.7 Å². The molecule has 114 valence electrons. The summed E-state index contributed by atoms with van der Waals surface area (Å²) < 4.78 is 26.4. The molecule has 1 aromatic carbocycles. The average Bonchev–Trinajstić information content (AvgIpc) is 2.44. The zero-order valence-corrected chi connectivity index (χ0v) is 13.2. The third kappa shape index (κ3) is 4.58. The first-order chi connectivity index (χ1) is 9.56. The fourth-order valence-electron chi connectivity index (χ4n) is 2.06. The van der Waals surface area contributed by atoms with E-state index in [0.29, 0.717) is 11.4 Å². The quantitative estimate of drug-likeness (QED) is 0.762. The van der Waals surface area contributed by atoms with Crippen LogP contribution in [0.4, 0.5) is 0 Å². The standard InChI is InChI=1S/C15H25NO3S/c1-3-5-11-16(12-13-17)20(18,19)15-9-7-14(6-4-2)8-10-15/h7-10,17H,3-6,11-13H2,1-2H3. The molecule has 4 nitrogen and oxygen atoms in total. The molecule has 0 saturated heterocycles. The van der Waals surface area contributed by atoms with Gasteiger partial charge in [-0.3, -0.25) is 0 Å². The van der Waals surface area contributed by atoms with E-state index in [2.05, 4.69) is 6.92 Å². The van der Waals surface area contributed by atoms with Crippen LogP contribution < -0.4 is 0 Å². The molecule has 1 rings (SSSR count). The predicted octanol–water partition coefficient (Wildman–Crippen LogP) is 2.42. The number of hydrogen-bond acceptors (Lipinski definition) is 3. The first-order valence-electron chi connectivity index (χ1n) is 7.26. The fourth-order valence-corrected chi connectivity index (χ4v) is 3.53. The van der Waals surface area contributed by atoms with Gasteiger partial charge in [-0.05, 0) is 30.5 Å². The molecule has 0 unspecified atom stereocenters. The summed E-state index contributed by atoms with van der Waals surface area (Å²) in [4.78, 5) is 0.307. The minimum Gasteiger partial charge on any atom is -0.395 e. The Hall–Kier alpha value is -0.910. The van der Waals surface area contributed by atoms with Gasteiger partial charge >= 0.3 is 0 Å². The van der Waals surface area contributed by atoms with Gasteiger partial charge in [0, 0.05) is 13.1 Å². The number of hydrogen-bond donors (Lipinski definition) is 1.